The highest BCUT2D eigenvalue weighted by Gasteiger charge is 2.14. The Kier molecular flexibility index (Phi) is 7.93. The largest absolute Gasteiger partial charge is 0.468 e. The van der Waals surface area contributed by atoms with E-state index in [2.05, 4.69) is 50.9 Å². The van der Waals surface area contributed by atoms with E-state index in [9.17, 15) is 0 Å². The Morgan fingerprint density at radius 2 is 1.90 bits per heavy atom. The fraction of sp³-hybridized carbons (Fsp3) is 0.765. The summed E-state index contributed by atoms with van der Waals surface area (Å²) in [6.07, 6.45) is 4.33. The van der Waals surface area contributed by atoms with Gasteiger partial charge in [-0.05, 0) is 18.5 Å². The molecule has 0 saturated heterocycles. The van der Waals surface area contributed by atoms with Gasteiger partial charge in [0, 0.05) is 24.7 Å². The number of hydrogen-bond donors (Lipinski definition) is 1. The first kappa shape index (κ1) is 17.3. The van der Waals surface area contributed by atoms with Crippen LogP contribution in [0, 0.1) is 5.92 Å². The van der Waals surface area contributed by atoms with Gasteiger partial charge in [-0.2, -0.15) is 0 Å². The zero-order valence-electron chi connectivity index (χ0n) is 13.9. The zero-order valence-corrected chi connectivity index (χ0v) is 13.9. The Bertz CT molecular complexity index is 356. The SMILES string of the molecule is CCC(CC)CN(CC)Cc1occc1CNC(C)C. The van der Waals surface area contributed by atoms with Crippen LogP contribution in [0.2, 0.25) is 0 Å². The van der Waals surface area contributed by atoms with E-state index in [0.717, 1.165) is 31.3 Å². The minimum absolute atomic E-state index is 0.504. The van der Waals surface area contributed by atoms with Crippen molar-refractivity contribution < 1.29 is 4.42 Å². The molecule has 0 aliphatic heterocycles. The zero-order chi connectivity index (χ0) is 15.0. The average Bonchev–Trinajstić information content (AvgIpc) is 2.88. The van der Waals surface area contributed by atoms with Crippen LogP contribution in [0.25, 0.3) is 0 Å². The van der Waals surface area contributed by atoms with Gasteiger partial charge >= 0.3 is 0 Å². The van der Waals surface area contributed by atoms with Gasteiger partial charge < -0.3 is 9.73 Å². The number of nitrogens with zero attached hydrogens (tertiary/aromatic N) is 1. The lowest BCUT2D eigenvalue weighted by molar-refractivity contribution is 0.210. The van der Waals surface area contributed by atoms with Crippen LogP contribution in [-0.2, 0) is 13.1 Å². The molecule has 0 fully saturated rings. The predicted octanol–water partition coefficient (Wildman–Crippen LogP) is 4.04. The third-order valence-corrected chi connectivity index (χ3v) is 4.02. The molecular formula is C17H32N2O. The van der Waals surface area contributed by atoms with E-state index in [0.29, 0.717) is 6.04 Å². The summed E-state index contributed by atoms with van der Waals surface area (Å²) < 4.78 is 5.70. The first-order valence-corrected chi connectivity index (χ1v) is 8.11. The maximum Gasteiger partial charge on any atom is 0.122 e. The Morgan fingerprint density at radius 3 is 2.45 bits per heavy atom. The standard InChI is InChI=1S/C17H32N2O/c1-6-15(7-2)12-19(8-3)13-17-16(9-10-20-17)11-18-14(4)5/h9-10,14-15,18H,6-8,11-13H2,1-5H3. The van der Waals surface area contributed by atoms with Crippen molar-refractivity contribution in [1.29, 1.82) is 0 Å². The molecule has 0 spiro atoms. The van der Waals surface area contributed by atoms with Crippen LogP contribution in [0.3, 0.4) is 0 Å². The quantitative estimate of drug-likeness (QED) is 0.701. The van der Waals surface area contributed by atoms with Crippen LogP contribution in [0.4, 0.5) is 0 Å². The molecule has 3 nitrogen and oxygen atoms in total. The van der Waals surface area contributed by atoms with Gasteiger partial charge in [0.2, 0.25) is 0 Å². The molecule has 1 N–H and O–H groups in total. The predicted molar refractivity (Wildman–Crippen MR) is 85.7 cm³/mol. The smallest absolute Gasteiger partial charge is 0.122 e. The summed E-state index contributed by atoms with van der Waals surface area (Å²) in [6.45, 7) is 15.2. The molecule has 0 radical (unpaired) electrons. The van der Waals surface area contributed by atoms with E-state index in [1.54, 1.807) is 0 Å². The lowest BCUT2D eigenvalue weighted by Gasteiger charge is -2.24. The number of nitrogens with one attached hydrogen (secondary N) is 1. The summed E-state index contributed by atoms with van der Waals surface area (Å²) in [7, 11) is 0. The second kappa shape index (κ2) is 9.19. The fourth-order valence-electron chi connectivity index (χ4n) is 2.40. The van der Waals surface area contributed by atoms with Crippen molar-refractivity contribution in [2.24, 2.45) is 5.92 Å². The van der Waals surface area contributed by atoms with E-state index < -0.39 is 0 Å². The van der Waals surface area contributed by atoms with Crippen molar-refractivity contribution in [3.05, 3.63) is 23.7 Å². The van der Waals surface area contributed by atoms with Crippen LogP contribution >= 0.6 is 0 Å². The van der Waals surface area contributed by atoms with E-state index in [1.807, 2.05) is 6.26 Å². The summed E-state index contributed by atoms with van der Waals surface area (Å²) in [4.78, 5) is 2.50. The maximum absolute atomic E-state index is 5.70. The minimum atomic E-state index is 0.504. The van der Waals surface area contributed by atoms with Crippen LogP contribution in [0.5, 0.6) is 0 Å². The Morgan fingerprint density at radius 1 is 1.20 bits per heavy atom. The summed E-state index contributed by atoms with van der Waals surface area (Å²) in [5.41, 5.74) is 1.29. The number of rotatable bonds is 10. The number of furan rings is 1. The molecule has 0 unspecified atom stereocenters. The van der Waals surface area contributed by atoms with Crippen molar-refractivity contribution in [1.82, 2.24) is 10.2 Å². The lowest BCUT2D eigenvalue weighted by Crippen LogP contribution is -2.29. The summed E-state index contributed by atoms with van der Waals surface area (Å²) in [5.74, 6) is 1.91. The molecule has 20 heavy (non-hydrogen) atoms. The monoisotopic (exact) mass is 280 g/mol. The summed E-state index contributed by atoms with van der Waals surface area (Å²) in [6, 6.07) is 2.60. The minimum Gasteiger partial charge on any atom is -0.468 e. The second-order valence-electron chi connectivity index (χ2n) is 5.91. The maximum atomic E-state index is 5.70. The van der Waals surface area contributed by atoms with Gasteiger partial charge in [0.25, 0.3) is 0 Å². The fourth-order valence-corrected chi connectivity index (χ4v) is 2.40. The van der Waals surface area contributed by atoms with Crippen molar-refractivity contribution in [2.45, 2.75) is 66.6 Å². The van der Waals surface area contributed by atoms with E-state index in [4.69, 9.17) is 4.42 Å². The molecular weight excluding hydrogens is 248 g/mol. The average molecular weight is 280 g/mol. The first-order valence-electron chi connectivity index (χ1n) is 8.11. The number of hydrogen-bond acceptors (Lipinski definition) is 3. The van der Waals surface area contributed by atoms with Crippen molar-refractivity contribution in [3.8, 4) is 0 Å². The Hall–Kier alpha value is -0.800. The topological polar surface area (TPSA) is 28.4 Å². The molecule has 0 amide bonds. The van der Waals surface area contributed by atoms with Gasteiger partial charge in [0.1, 0.15) is 5.76 Å². The molecule has 0 bridgehead atoms. The Balaban J connectivity index is 2.58. The van der Waals surface area contributed by atoms with E-state index in [1.165, 1.54) is 24.9 Å². The first-order chi connectivity index (χ1) is 9.60. The molecule has 0 saturated carbocycles. The normalized spacial score (nSPS) is 12.0. The van der Waals surface area contributed by atoms with Gasteiger partial charge in [-0.1, -0.05) is 47.5 Å². The van der Waals surface area contributed by atoms with E-state index >= 15 is 0 Å². The summed E-state index contributed by atoms with van der Waals surface area (Å²) >= 11 is 0. The molecule has 0 aromatic carbocycles. The van der Waals surface area contributed by atoms with Gasteiger partial charge in [-0.15, -0.1) is 0 Å². The molecule has 1 heterocycles. The highest BCUT2D eigenvalue weighted by atomic mass is 16.3. The van der Waals surface area contributed by atoms with Crippen LogP contribution in [0.15, 0.2) is 16.7 Å². The molecule has 0 aliphatic rings. The molecule has 0 atom stereocenters. The molecule has 1 aromatic rings. The van der Waals surface area contributed by atoms with Crippen LogP contribution in [-0.4, -0.2) is 24.0 Å². The van der Waals surface area contributed by atoms with Gasteiger partial charge in [0.05, 0.1) is 12.8 Å². The Labute approximate surface area is 124 Å². The highest BCUT2D eigenvalue weighted by molar-refractivity contribution is 5.16. The lowest BCUT2D eigenvalue weighted by atomic mass is 10.0. The molecule has 3 heteroatoms. The molecule has 1 aromatic heterocycles. The van der Waals surface area contributed by atoms with Gasteiger partial charge in [0.15, 0.2) is 0 Å². The summed E-state index contributed by atoms with van der Waals surface area (Å²) in [5, 5.41) is 3.46. The van der Waals surface area contributed by atoms with Gasteiger partial charge in [-0.25, -0.2) is 0 Å². The van der Waals surface area contributed by atoms with Gasteiger partial charge in [-0.3, -0.25) is 4.90 Å². The van der Waals surface area contributed by atoms with Crippen molar-refractivity contribution >= 4 is 0 Å². The second-order valence-corrected chi connectivity index (χ2v) is 5.91. The van der Waals surface area contributed by atoms with E-state index in [-0.39, 0.29) is 0 Å². The van der Waals surface area contributed by atoms with Crippen molar-refractivity contribution in [3.63, 3.8) is 0 Å². The highest BCUT2D eigenvalue weighted by Crippen LogP contribution is 2.16. The third kappa shape index (κ3) is 5.68. The van der Waals surface area contributed by atoms with Crippen LogP contribution < -0.4 is 5.32 Å². The molecule has 0 aliphatic carbocycles. The third-order valence-electron chi connectivity index (χ3n) is 4.02. The molecule has 1 rings (SSSR count). The molecule has 116 valence electrons. The van der Waals surface area contributed by atoms with Crippen molar-refractivity contribution in [2.75, 3.05) is 13.1 Å². The van der Waals surface area contributed by atoms with Crippen LogP contribution in [0.1, 0.15) is 58.8 Å².